The molecule has 1 N–H and O–H groups in total. The second-order valence-electron chi connectivity index (χ2n) is 7.74. The summed E-state index contributed by atoms with van der Waals surface area (Å²) in [6.07, 6.45) is 4.22. The van der Waals surface area contributed by atoms with Crippen molar-refractivity contribution in [2.45, 2.75) is 25.2 Å². The van der Waals surface area contributed by atoms with Crippen molar-refractivity contribution in [2.24, 2.45) is 0 Å². The standard InChI is InChI=1S/C26H28BBrF3O6/c1-34-19-36-23(12-5-6-16-28)24(14-17-35-18-20-8-3-2-4-9-20)37-26(33)25-21(10-7-11-22(25)32)13-15-27(29,30)31/h2-13,15-16,23-24,32H,14,17-19H2,1H3/q-1/b12-5+,15-13-,16-6+/t23-,24-/m0/s1. The van der Waals surface area contributed by atoms with Gasteiger partial charge in [-0.1, -0.05) is 82.7 Å². The molecule has 6 nitrogen and oxygen atoms in total. The molecule has 2 atom stereocenters. The Balaban J connectivity index is 2.27. The summed E-state index contributed by atoms with van der Waals surface area (Å²) in [6, 6.07) is 13.3. The molecule has 0 amide bonds. The molecule has 11 heteroatoms. The quantitative estimate of drug-likeness (QED) is 0.0862. The molecule has 0 aliphatic heterocycles. The Labute approximate surface area is 222 Å². The third-order valence-electron chi connectivity index (χ3n) is 4.92. The van der Waals surface area contributed by atoms with Crippen molar-refractivity contribution in [1.82, 2.24) is 0 Å². The van der Waals surface area contributed by atoms with Crippen LogP contribution in [0.4, 0.5) is 12.9 Å². The Morgan fingerprint density at radius 2 is 1.86 bits per heavy atom. The number of methoxy groups -OCH3 is 1. The summed E-state index contributed by atoms with van der Waals surface area (Å²) < 4.78 is 60.5. The molecule has 2 rings (SSSR count). The number of hydrogen-bond donors (Lipinski definition) is 1. The van der Waals surface area contributed by atoms with Gasteiger partial charge in [-0.2, -0.15) is 0 Å². The van der Waals surface area contributed by atoms with E-state index in [1.807, 2.05) is 30.3 Å². The van der Waals surface area contributed by atoms with E-state index in [0.29, 0.717) is 6.61 Å². The number of carbonyl (C=O) groups excluding carboxylic acids is 1. The van der Waals surface area contributed by atoms with Gasteiger partial charge < -0.3 is 37.0 Å². The van der Waals surface area contributed by atoms with Gasteiger partial charge in [0, 0.05) is 13.5 Å². The maximum Gasteiger partial charge on any atom is 0.502 e. The van der Waals surface area contributed by atoms with Crippen molar-refractivity contribution < 1.29 is 41.8 Å². The molecule has 200 valence electrons. The number of benzene rings is 2. The number of hydrogen-bond acceptors (Lipinski definition) is 6. The van der Waals surface area contributed by atoms with Gasteiger partial charge in [0.1, 0.15) is 30.3 Å². The molecule has 0 bridgehead atoms. The summed E-state index contributed by atoms with van der Waals surface area (Å²) in [5.41, 5.74) is 0.446. The van der Waals surface area contributed by atoms with Gasteiger partial charge in [-0.15, -0.1) is 5.98 Å². The predicted octanol–water partition coefficient (Wildman–Crippen LogP) is 6.38. The van der Waals surface area contributed by atoms with Crippen LogP contribution in [0.25, 0.3) is 6.08 Å². The van der Waals surface area contributed by atoms with Crippen molar-refractivity contribution in [2.75, 3.05) is 20.5 Å². The predicted molar refractivity (Wildman–Crippen MR) is 140 cm³/mol. The summed E-state index contributed by atoms with van der Waals surface area (Å²) >= 11 is 3.16. The Hall–Kier alpha value is -2.86. The van der Waals surface area contributed by atoms with E-state index in [0.717, 1.165) is 11.6 Å². The third-order valence-corrected chi connectivity index (χ3v) is 5.22. The molecule has 0 aliphatic carbocycles. The van der Waals surface area contributed by atoms with E-state index in [4.69, 9.17) is 18.9 Å². The van der Waals surface area contributed by atoms with Crippen molar-refractivity contribution in [3.05, 3.63) is 94.4 Å². The highest BCUT2D eigenvalue weighted by molar-refractivity contribution is 9.11. The smallest absolute Gasteiger partial charge is 0.502 e. The fourth-order valence-corrected chi connectivity index (χ4v) is 3.41. The summed E-state index contributed by atoms with van der Waals surface area (Å²) in [5.74, 6) is -1.47. The van der Waals surface area contributed by atoms with Gasteiger partial charge in [-0.3, -0.25) is 0 Å². The molecular weight excluding hydrogens is 556 g/mol. The molecule has 0 unspecified atom stereocenters. The number of rotatable bonds is 15. The zero-order chi connectivity index (χ0) is 27.1. The Morgan fingerprint density at radius 1 is 1.11 bits per heavy atom. The van der Waals surface area contributed by atoms with Crippen LogP contribution in [0.1, 0.15) is 27.9 Å². The average Bonchev–Trinajstić information content (AvgIpc) is 2.87. The van der Waals surface area contributed by atoms with E-state index in [1.165, 1.54) is 25.3 Å². The summed E-state index contributed by atoms with van der Waals surface area (Å²) in [5, 5.41) is 10.3. The zero-order valence-corrected chi connectivity index (χ0v) is 21.7. The first-order valence-electron chi connectivity index (χ1n) is 11.3. The SMILES string of the molecule is COCO[C@@H](/C=C/C=C/Br)[C@H](CCOCc1ccccc1)OC(=O)c1c(O)cccc1/C=C\[B-](F)(F)F. The van der Waals surface area contributed by atoms with Crippen molar-refractivity contribution in [1.29, 1.82) is 0 Å². The van der Waals surface area contributed by atoms with E-state index < -0.39 is 30.9 Å². The molecule has 0 aromatic heterocycles. The van der Waals surface area contributed by atoms with Crippen LogP contribution < -0.4 is 0 Å². The lowest BCUT2D eigenvalue weighted by molar-refractivity contribution is -0.103. The maximum absolute atomic E-state index is 13.1. The Kier molecular flexibility index (Phi) is 13.2. The zero-order valence-electron chi connectivity index (χ0n) is 20.1. The molecule has 0 aliphatic rings. The van der Waals surface area contributed by atoms with Crippen LogP contribution in [-0.4, -0.2) is 50.8 Å². The molecule has 37 heavy (non-hydrogen) atoms. The lowest BCUT2D eigenvalue weighted by Gasteiger charge is -2.25. The van der Waals surface area contributed by atoms with Gasteiger partial charge in [0.2, 0.25) is 0 Å². The van der Waals surface area contributed by atoms with Crippen LogP contribution in [-0.2, 0) is 25.6 Å². The van der Waals surface area contributed by atoms with Crippen LogP contribution in [0.5, 0.6) is 5.75 Å². The van der Waals surface area contributed by atoms with Crippen LogP contribution in [0.2, 0.25) is 0 Å². The molecule has 0 heterocycles. The monoisotopic (exact) mass is 583 g/mol. The molecule has 0 saturated carbocycles. The summed E-state index contributed by atoms with van der Waals surface area (Å²) in [7, 11) is 1.44. The van der Waals surface area contributed by atoms with Gasteiger partial charge in [0.05, 0.1) is 13.2 Å². The molecule has 0 saturated heterocycles. The van der Waals surface area contributed by atoms with Crippen LogP contribution >= 0.6 is 15.9 Å². The topological polar surface area (TPSA) is 74.2 Å². The fraction of sp³-hybridized carbons (Fsp3) is 0.269. The van der Waals surface area contributed by atoms with Crippen LogP contribution in [0.3, 0.4) is 0 Å². The first-order valence-corrected chi connectivity index (χ1v) is 12.2. The Morgan fingerprint density at radius 3 is 2.54 bits per heavy atom. The number of carbonyl (C=O) groups is 1. The van der Waals surface area contributed by atoms with Crippen molar-refractivity contribution in [3.8, 4) is 5.75 Å². The number of phenols is 1. The second-order valence-corrected chi connectivity index (χ2v) is 8.27. The van der Waals surface area contributed by atoms with E-state index in [2.05, 4.69) is 15.9 Å². The lowest BCUT2D eigenvalue weighted by Crippen LogP contribution is -2.34. The van der Waals surface area contributed by atoms with Gasteiger partial charge in [0.15, 0.2) is 0 Å². The molecule has 0 fully saturated rings. The normalized spacial score (nSPS) is 14.0. The highest BCUT2D eigenvalue weighted by atomic mass is 79.9. The minimum atomic E-state index is -5.24. The van der Waals surface area contributed by atoms with E-state index in [-0.39, 0.29) is 36.9 Å². The van der Waals surface area contributed by atoms with Crippen LogP contribution in [0.15, 0.2) is 77.7 Å². The molecular formula is C26H28BBrF3O6-. The summed E-state index contributed by atoms with van der Waals surface area (Å²) in [4.78, 5) is 14.7. The molecule has 2 aromatic carbocycles. The molecule has 2 aromatic rings. The minimum Gasteiger partial charge on any atom is -0.507 e. The highest BCUT2D eigenvalue weighted by Gasteiger charge is 2.27. The van der Waals surface area contributed by atoms with Gasteiger partial charge in [-0.05, 0) is 22.2 Å². The number of ether oxygens (including phenoxy) is 4. The van der Waals surface area contributed by atoms with E-state index in [1.54, 1.807) is 23.2 Å². The maximum atomic E-state index is 13.1. The molecule has 0 radical (unpaired) electrons. The average molecular weight is 584 g/mol. The number of phenolic OH excluding ortho intramolecular Hbond substituents is 1. The van der Waals surface area contributed by atoms with Gasteiger partial charge in [0.25, 0.3) is 0 Å². The number of halogens is 4. The van der Waals surface area contributed by atoms with Crippen LogP contribution in [0, 0.1) is 0 Å². The van der Waals surface area contributed by atoms with E-state index in [9.17, 15) is 22.8 Å². The number of esters is 1. The first kappa shape index (κ1) is 30.4. The van der Waals surface area contributed by atoms with Gasteiger partial charge in [-0.25, -0.2) is 4.79 Å². The van der Waals surface area contributed by atoms with E-state index >= 15 is 0 Å². The lowest BCUT2D eigenvalue weighted by atomic mass is 9.90. The van der Waals surface area contributed by atoms with Gasteiger partial charge >= 0.3 is 12.9 Å². The van der Waals surface area contributed by atoms with Crippen molar-refractivity contribution in [3.63, 3.8) is 0 Å². The Bertz CT molecular complexity index is 1060. The summed E-state index contributed by atoms with van der Waals surface area (Å²) in [6.45, 7) is -4.83. The largest absolute Gasteiger partial charge is 0.507 e. The fourth-order valence-electron chi connectivity index (χ4n) is 3.23. The number of allylic oxidation sites excluding steroid dienone is 2. The third kappa shape index (κ3) is 11.4. The highest BCUT2D eigenvalue weighted by Crippen LogP contribution is 2.26. The molecule has 0 spiro atoms. The minimum absolute atomic E-state index is 0.0420. The second kappa shape index (κ2) is 16.1. The van der Waals surface area contributed by atoms with Crippen molar-refractivity contribution >= 4 is 35.0 Å². The number of aromatic hydroxyl groups is 1. The first-order chi connectivity index (χ1) is 17.7.